The van der Waals surface area contributed by atoms with Gasteiger partial charge in [-0.2, -0.15) is 0 Å². The van der Waals surface area contributed by atoms with Crippen LogP contribution >= 0.6 is 0 Å². The number of aliphatic hydroxyl groups excluding tert-OH is 1. The lowest BCUT2D eigenvalue weighted by Crippen LogP contribution is -2.56. The van der Waals surface area contributed by atoms with Crippen LogP contribution in [-0.4, -0.2) is 23.3 Å². The van der Waals surface area contributed by atoms with Gasteiger partial charge >= 0.3 is 0 Å². The first-order chi connectivity index (χ1) is 15.3. The first kappa shape index (κ1) is 24.9. The van der Waals surface area contributed by atoms with Gasteiger partial charge in [0.15, 0.2) is 5.78 Å². The molecule has 184 valence electrons. The van der Waals surface area contributed by atoms with E-state index in [0.717, 1.165) is 44.1 Å². The highest BCUT2D eigenvalue weighted by Crippen LogP contribution is 2.71. The number of aliphatic hydroxyl groups is 1. The van der Waals surface area contributed by atoms with Gasteiger partial charge in [0.05, 0.1) is 6.61 Å². The monoisotopic (exact) mass is 454 g/mol. The van der Waals surface area contributed by atoms with Gasteiger partial charge in [0.1, 0.15) is 5.78 Å². The molecule has 2 saturated carbocycles. The van der Waals surface area contributed by atoms with E-state index in [1.807, 2.05) is 6.92 Å². The number of fused-ring (bicyclic) bond motifs is 4. The highest BCUT2D eigenvalue weighted by molar-refractivity contribution is 6.00. The Morgan fingerprint density at radius 1 is 1.09 bits per heavy atom. The molecule has 0 radical (unpaired) electrons. The summed E-state index contributed by atoms with van der Waals surface area (Å²) < 4.78 is 0. The average Bonchev–Trinajstić information content (AvgIpc) is 3.04. The Hall–Kier alpha value is -1.22. The SMILES string of the molecule is C/C(=C\CC[C@@H](C)[C@H]1CC[C@@]2(C)C3=C(CC[C@]12C)[C@@]1(C)CCC(=O)C(C)(C)[C@H]1CC3=O)CO. The van der Waals surface area contributed by atoms with E-state index < -0.39 is 5.41 Å². The summed E-state index contributed by atoms with van der Waals surface area (Å²) in [6.07, 6.45) is 11.0. The zero-order chi connectivity index (χ0) is 24.4. The minimum absolute atomic E-state index is 0.0126. The second-order valence-electron chi connectivity index (χ2n) is 13.3. The highest BCUT2D eigenvalue weighted by atomic mass is 16.3. The molecule has 4 aliphatic rings. The van der Waals surface area contributed by atoms with Crippen molar-refractivity contribution in [2.45, 2.75) is 106 Å². The molecule has 1 N–H and O–H groups in total. The number of allylic oxidation sites excluding steroid dienone is 3. The summed E-state index contributed by atoms with van der Waals surface area (Å²) in [5.41, 5.74) is 3.36. The van der Waals surface area contributed by atoms with E-state index in [2.05, 4.69) is 47.6 Å². The van der Waals surface area contributed by atoms with Gasteiger partial charge in [-0.3, -0.25) is 9.59 Å². The van der Waals surface area contributed by atoms with E-state index in [0.29, 0.717) is 36.2 Å². The standard InChI is InChI=1S/C30H46O3/c1-19(18-31)9-8-10-20(2)21-11-16-30(7)26-22(12-15-29(21,30)6)28(5)14-13-25(33)27(3,4)24(28)17-23(26)32/h9,20-21,24,31H,8,10-18H2,1-7H3/b19-9+/t20-,21-,24-,28-,29-,30+/m1/s1. The molecule has 0 heterocycles. The van der Waals surface area contributed by atoms with Crippen molar-refractivity contribution >= 4 is 11.6 Å². The highest BCUT2D eigenvalue weighted by Gasteiger charge is 2.65. The lowest BCUT2D eigenvalue weighted by molar-refractivity contribution is -0.142. The lowest BCUT2D eigenvalue weighted by atomic mass is 9.43. The minimum atomic E-state index is -0.407. The molecule has 4 rings (SSSR count). The molecule has 3 heteroatoms. The Balaban J connectivity index is 1.68. The maximum atomic E-state index is 13.9. The van der Waals surface area contributed by atoms with Crippen LogP contribution in [-0.2, 0) is 9.59 Å². The summed E-state index contributed by atoms with van der Waals surface area (Å²) in [5.74, 6) is 2.06. The van der Waals surface area contributed by atoms with E-state index in [1.165, 1.54) is 17.6 Å². The van der Waals surface area contributed by atoms with Gasteiger partial charge in [-0.05, 0) is 80.5 Å². The van der Waals surface area contributed by atoms with Crippen molar-refractivity contribution in [1.29, 1.82) is 0 Å². The van der Waals surface area contributed by atoms with E-state index >= 15 is 0 Å². The molecule has 4 aliphatic carbocycles. The van der Waals surface area contributed by atoms with Crippen LogP contribution < -0.4 is 0 Å². The third-order valence-corrected chi connectivity index (χ3v) is 11.4. The number of rotatable bonds is 5. The molecule has 33 heavy (non-hydrogen) atoms. The predicted molar refractivity (Wildman–Crippen MR) is 134 cm³/mol. The second-order valence-corrected chi connectivity index (χ2v) is 13.3. The van der Waals surface area contributed by atoms with E-state index in [1.54, 1.807) is 0 Å². The molecule has 0 bridgehead atoms. The first-order valence-corrected chi connectivity index (χ1v) is 13.4. The summed E-state index contributed by atoms with van der Waals surface area (Å²) in [4.78, 5) is 26.7. The molecule has 0 saturated heterocycles. The molecule has 0 aliphatic heterocycles. The topological polar surface area (TPSA) is 54.4 Å². The Labute approximate surface area is 201 Å². The quantitative estimate of drug-likeness (QED) is 0.463. The summed E-state index contributed by atoms with van der Waals surface area (Å²) >= 11 is 0. The van der Waals surface area contributed by atoms with Crippen LogP contribution in [0.3, 0.4) is 0 Å². The van der Waals surface area contributed by atoms with Crippen molar-refractivity contribution in [2.24, 2.45) is 39.4 Å². The Morgan fingerprint density at radius 3 is 2.45 bits per heavy atom. The number of carbonyl (C=O) groups is 2. The molecular weight excluding hydrogens is 408 g/mol. The summed E-state index contributed by atoms with van der Waals surface area (Å²) in [7, 11) is 0. The van der Waals surface area contributed by atoms with Crippen molar-refractivity contribution in [2.75, 3.05) is 6.61 Å². The zero-order valence-electron chi connectivity index (χ0n) is 22.1. The van der Waals surface area contributed by atoms with Crippen molar-refractivity contribution in [3.63, 3.8) is 0 Å². The van der Waals surface area contributed by atoms with Gasteiger partial charge in [-0.25, -0.2) is 0 Å². The van der Waals surface area contributed by atoms with Crippen molar-refractivity contribution in [1.82, 2.24) is 0 Å². The summed E-state index contributed by atoms with van der Waals surface area (Å²) in [5, 5.41) is 9.30. The maximum Gasteiger partial charge on any atom is 0.159 e. The van der Waals surface area contributed by atoms with Crippen LogP contribution in [0.1, 0.15) is 106 Å². The predicted octanol–water partition coefficient (Wildman–Crippen LogP) is 6.84. The molecule has 0 aromatic rings. The van der Waals surface area contributed by atoms with E-state index in [9.17, 15) is 14.7 Å². The molecule has 3 nitrogen and oxygen atoms in total. The summed E-state index contributed by atoms with van der Waals surface area (Å²) in [6.45, 7) is 16.0. The fourth-order valence-electron chi connectivity index (χ4n) is 8.98. The number of hydrogen-bond donors (Lipinski definition) is 1. The molecule has 0 aromatic carbocycles. The van der Waals surface area contributed by atoms with Gasteiger partial charge in [-0.1, -0.05) is 58.8 Å². The average molecular weight is 455 g/mol. The molecular formula is C30H46O3. The Kier molecular flexibility index (Phi) is 6.17. The van der Waals surface area contributed by atoms with Crippen LogP contribution in [0.5, 0.6) is 0 Å². The van der Waals surface area contributed by atoms with Crippen molar-refractivity contribution in [3.8, 4) is 0 Å². The van der Waals surface area contributed by atoms with Crippen molar-refractivity contribution in [3.05, 3.63) is 22.8 Å². The molecule has 6 atom stereocenters. The molecule has 0 aromatic heterocycles. The lowest BCUT2D eigenvalue weighted by Gasteiger charge is -2.60. The number of Topliss-reactive ketones (excluding diaryl/α,β-unsaturated/α-hetero) is 2. The third kappa shape index (κ3) is 3.46. The van der Waals surface area contributed by atoms with Crippen LogP contribution in [0.2, 0.25) is 0 Å². The second kappa shape index (κ2) is 8.18. The Morgan fingerprint density at radius 2 is 1.79 bits per heavy atom. The zero-order valence-corrected chi connectivity index (χ0v) is 22.1. The third-order valence-electron chi connectivity index (χ3n) is 11.4. The van der Waals surface area contributed by atoms with Crippen LogP contribution in [0.15, 0.2) is 22.8 Å². The minimum Gasteiger partial charge on any atom is -0.392 e. The number of carbonyl (C=O) groups excluding carboxylic acids is 2. The van der Waals surface area contributed by atoms with Crippen LogP contribution in [0.25, 0.3) is 0 Å². The summed E-state index contributed by atoms with van der Waals surface area (Å²) in [6, 6.07) is 0. The van der Waals surface area contributed by atoms with Gasteiger partial charge in [0, 0.05) is 29.2 Å². The number of ketones is 2. The van der Waals surface area contributed by atoms with Crippen molar-refractivity contribution < 1.29 is 14.7 Å². The molecule has 0 amide bonds. The smallest absolute Gasteiger partial charge is 0.159 e. The largest absolute Gasteiger partial charge is 0.392 e. The van der Waals surface area contributed by atoms with Crippen LogP contribution in [0, 0.1) is 39.4 Å². The molecule has 0 spiro atoms. The van der Waals surface area contributed by atoms with Gasteiger partial charge in [0.25, 0.3) is 0 Å². The van der Waals surface area contributed by atoms with Gasteiger partial charge in [-0.15, -0.1) is 0 Å². The van der Waals surface area contributed by atoms with E-state index in [-0.39, 0.29) is 28.8 Å². The molecule has 0 unspecified atom stereocenters. The Bertz CT molecular complexity index is 908. The first-order valence-electron chi connectivity index (χ1n) is 13.4. The fraction of sp³-hybridized carbons (Fsp3) is 0.800. The maximum absolute atomic E-state index is 13.9. The normalized spacial score (nSPS) is 41.5. The molecule has 2 fully saturated rings. The van der Waals surface area contributed by atoms with E-state index in [4.69, 9.17) is 0 Å². The fourth-order valence-corrected chi connectivity index (χ4v) is 8.98. The van der Waals surface area contributed by atoms with Crippen LogP contribution in [0.4, 0.5) is 0 Å². The number of hydrogen-bond acceptors (Lipinski definition) is 3. The van der Waals surface area contributed by atoms with Gasteiger partial charge < -0.3 is 5.11 Å². The van der Waals surface area contributed by atoms with Gasteiger partial charge in [0.2, 0.25) is 0 Å².